The minimum Gasteiger partial charge on any atom is -0.368 e. The monoisotopic (exact) mass is 482 g/mol. The number of amides is 1. The number of nitrogens with one attached hydrogen (secondary N) is 2. The van der Waals surface area contributed by atoms with Gasteiger partial charge in [0.1, 0.15) is 11.0 Å². The van der Waals surface area contributed by atoms with Crippen LogP contribution < -0.4 is 10.6 Å². The summed E-state index contributed by atoms with van der Waals surface area (Å²) < 4.78 is 55.5. The molecule has 0 aliphatic carbocycles. The van der Waals surface area contributed by atoms with E-state index in [1.165, 1.54) is 19.1 Å². The maximum Gasteiger partial charge on any atom is 0.417 e. The number of allylic oxidation sites excluding steroid dienone is 1. The molecule has 2 atom stereocenters. The zero-order chi connectivity index (χ0) is 24.4. The second kappa shape index (κ2) is 9.72. The predicted octanol–water partition coefficient (Wildman–Crippen LogP) is 4.67. The zero-order valence-corrected chi connectivity index (χ0v) is 19.2. The van der Waals surface area contributed by atoms with Crippen LogP contribution in [0.3, 0.4) is 0 Å². The lowest BCUT2D eigenvalue weighted by atomic mass is 9.99. The van der Waals surface area contributed by atoms with Crippen LogP contribution in [0.15, 0.2) is 36.9 Å². The Morgan fingerprint density at radius 2 is 2.12 bits per heavy atom. The van der Waals surface area contributed by atoms with Gasteiger partial charge in [-0.25, -0.2) is 9.37 Å². The van der Waals surface area contributed by atoms with Crippen LogP contribution in [0.1, 0.15) is 24.7 Å². The number of rotatable bonds is 6. The average molecular weight is 483 g/mol. The van der Waals surface area contributed by atoms with Gasteiger partial charge in [-0.2, -0.15) is 13.2 Å². The van der Waals surface area contributed by atoms with Crippen molar-refractivity contribution in [2.24, 2.45) is 0 Å². The lowest BCUT2D eigenvalue weighted by molar-refractivity contribution is -0.118. The molecule has 1 aliphatic rings. The summed E-state index contributed by atoms with van der Waals surface area (Å²) in [4.78, 5) is 15.9. The predicted molar refractivity (Wildman–Crippen MR) is 127 cm³/mol. The second-order valence-corrected chi connectivity index (χ2v) is 8.94. The minimum absolute atomic E-state index is 0.191. The largest absolute Gasteiger partial charge is 0.417 e. The van der Waals surface area contributed by atoms with E-state index in [1.54, 1.807) is 24.3 Å². The third-order valence-electron chi connectivity index (χ3n) is 5.50. The molecule has 10 heteroatoms. The summed E-state index contributed by atoms with van der Waals surface area (Å²) in [6, 6.07) is 6.41. The van der Waals surface area contributed by atoms with Gasteiger partial charge in [0.15, 0.2) is 0 Å². The number of likely N-dealkylation sites (tertiary alicyclic amines) is 1. The molecule has 2 heterocycles. The first-order valence-corrected chi connectivity index (χ1v) is 10.8. The number of thiol groups is 1. The van der Waals surface area contributed by atoms with Crippen LogP contribution in [0.2, 0.25) is 0 Å². The first-order valence-electron chi connectivity index (χ1n) is 10.3. The Kier molecular flexibility index (Phi) is 7.38. The highest BCUT2D eigenvalue weighted by atomic mass is 32.1. The van der Waals surface area contributed by atoms with Crippen LogP contribution in [0.25, 0.3) is 22.4 Å². The summed E-state index contributed by atoms with van der Waals surface area (Å²) in [5.74, 6) is -0.235. The van der Waals surface area contributed by atoms with Crippen molar-refractivity contribution in [1.82, 2.24) is 15.2 Å². The smallest absolute Gasteiger partial charge is 0.368 e. The van der Waals surface area contributed by atoms with Gasteiger partial charge in [-0.3, -0.25) is 4.79 Å². The number of fused-ring (bicyclic) bond motifs is 1. The van der Waals surface area contributed by atoms with Gasteiger partial charge in [-0.05, 0) is 31.7 Å². The number of carbonyl (C=O) groups excluding carboxylic acids is 1. The molecule has 0 saturated carbocycles. The van der Waals surface area contributed by atoms with Crippen LogP contribution in [0, 0.1) is 0 Å². The van der Waals surface area contributed by atoms with Gasteiger partial charge in [0.2, 0.25) is 5.91 Å². The molecule has 3 rings (SSSR count). The highest BCUT2D eigenvalue weighted by Gasteiger charge is 2.40. The van der Waals surface area contributed by atoms with Crippen molar-refractivity contribution in [2.75, 3.05) is 32.0 Å². The molecule has 1 amide bonds. The van der Waals surface area contributed by atoms with Crippen molar-refractivity contribution >= 4 is 46.6 Å². The number of carbonyl (C=O) groups is 1. The second-order valence-electron chi connectivity index (χ2n) is 8.14. The van der Waals surface area contributed by atoms with Gasteiger partial charge in [-0.1, -0.05) is 24.8 Å². The zero-order valence-electron chi connectivity index (χ0n) is 18.3. The summed E-state index contributed by atoms with van der Waals surface area (Å²) in [5, 5.41) is 6.38. The van der Waals surface area contributed by atoms with Gasteiger partial charge < -0.3 is 15.5 Å². The highest BCUT2D eigenvalue weighted by Crippen LogP contribution is 2.39. The number of anilines is 1. The maximum absolute atomic E-state index is 14.9. The molecular weight excluding hydrogens is 456 g/mol. The van der Waals surface area contributed by atoms with Crippen molar-refractivity contribution in [3.8, 4) is 0 Å². The summed E-state index contributed by atoms with van der Waals surface area (Å²) in [6.45, 7) is 5.59. The van der Waals surface area contributed by atoms with Crippen molar-refractivity contribution < 1.29 is 22.4 Å². The molecule has 1 aromatic carbocycles. The number of benzene rings is 1. The summed E-state index contributed by atoms with van der Waals surface area (Å²) in [5.41, 5.74) is -0.693. The number of hydrogen-bond acceptors (Lipinski definition) is 5. The topological polar surface area (TPSA) is 57.3 Å². The normalized spacial score (nSPS) is 22.0. The van der Waals surface area contributed by atoms with E-state index in [0.717, 1.165) is 0 Å². The fourth-order valence-corrected chi connectivity index (χ4v) is 3.95. The van der Waals surface area contributed by atoms with Crippen molar-refractivity contribution in [3.63, 3.8) is 0 Å². The first-order chi connectivity index (χ1) is 15.4. The molecule has 1 saturated heterocycles. The number of nitrogens with zero attached hydrogens (tertiary/aromatic N) is 2. The van der Waals surface area contributed by atoms with E-state index in [1.807, 2.05) is 11.9 Å². The Morgan fingerprint density at radius 3 is 2.76 bits per heavy atom. The quantitative estimate of drug-likeness (QED) is 0.318. The van der Waals surface area contributed by atoms with E-state index in [2.05, 4.69) is 34.8 Å². The molecule has 0 radical (unpaired) electrons. The lowest BCUT2D eigenvalue weighted by Gasteiger charge is -2.41. The van der Waals surface area contributed by atoms with Crippen LogP contribution in [0.5, 0.6) is 0 Å². The molecule has 2 N–H and O–H groups in total. The summed E-state index contributed by atoms with van der Waals surface area (Å²) in [7, 11) is 1.82. The number of alkyl halides is 4. The molecule has 0 bridgehead atoms. The van der Waals surface area contributed by atoms with Crippen LogP contribution in [-0.4, -0.2) is 59.7 Å². The van der Waals surface area contributed by atoms with Gasteiger partial charge in [0.05, 0.1) is 17.0 Å². The summed E-state index contributed by atoms with van der Waals surface area (Å²) >= 11 is 4.57. The fraction of sp³-hybridized carbons (Fsp3) is 0.391. The number of hydrogen-bond donors (Lipinski definition) is 3. The van der Waals surface area contributed by atoms with E-state index < -0.39 is 22.8 Å². The standard InChI is InChI=1S/C23H26F4N4OS/c1-14(23(25,26)27)21-17-7-4-8-19(30-22(33)9-11-31(3)13-20(22)24)18(17)12-16(29-21)6-5-10-28-15(2)32/h4-8,12,20,30,33H,1,9-11,13H2,2-3H3,(H,28,32)/b6-5+/t20-,22+/m0/s1. The Balaban J connectivity index is 2.09. The number of aromatic nitrogens is 1. The van der Waals surface area contributed by atoms with Gasteiger partial charge >= 0.3 is 6.18 Å². The fourth-order valence-electron chi connectivity index (χ4n) is 3.65. The molecule has 1 aliphatic heterocycles. The molecule has 2 aromatic rings. The van der Waals surface area contributed by atoms with Crippen molar-refractivity contribution in [1.29, 1.82) is 0 Å². The molecule has 178 valence electrons. The molecule has 5 nitrogen and oxygen atoms in total. The van der Waals surface area contributed by atoms with Gasteiger partial charge in [-0.15, -0.1) is 12.6 Å². The van der Waals surface area contributed by atoms with Crippen molar-refractivity contribution in [3.05, 3.63) is 48.3 Å². The minimum atomic E-state index is -4.68. The third kappa shape index (κ3) is 5.86. The van der Waals surface area contributed by atoms with Gasteiger partial charge in [0, 0.05) is 43.0 Å². The van der Waals surface area contributed by atoms with E-state index in [0.29, 0.717) is 24.0 Å². The maximum atomic E-state index is 14.9. The van der Waals surface area contributed by atoms with E-state index in [4.69, 9.17) is 0 Å². The van der Waals surface area contributed by atoms with Crippen LogP contribution >= 0.6 is 12.6 Å². The number of piperidine rings is 1. The summed E-state index contributed by atoms with van der Waals surface area (Å²) in [6.07, 6.45) is -2.46. The number of pyridine rings is 1. The first kappa shape index (κ1) is 25.0. The van der Waals surface area contributed by atoms with Gasteiger partial charge in [0.25, 0.3) is 0 Å². The molecular formula is C23H26F4N4OS. The molecule has 1 fully saturated rings. The molecule has 1 aromatic heterocycles. The van der Waals surface area contributed by atoms with Crippen LogP contribution in [0.4, 0.5) is 23.2 Å². The van der Waals surface area contributed by atoms with Crippen molar-refractivity contribution in [2.45, 2.75) is 30.6 Å². The van der Waals surface area contributed by atoms with E-state index in [9.17, 15) is 22.4 Å². The molecule has 0 unspecified atom stereocenters. The van der Waals surface area contributed by atoms with E-state index >= 15 is 0 Å². The Bertz CT molecular complexity index is 1090. The molecule has 33 heavy (non-hydrogen) atoms. The average Bonchev–Trinajstić information content (AvgIpc) is 2.73. The molecule has 0 spiro atoms. The lowest BCUT2D eigenvalue weighted by Crippen LogP contribution is -2.53. The third-order valence-corrected chi connectivity index (χ3v) is 6.11. The van der Waals surface area contributed by atoms with E-state index in [-0.39, 0.29) is 35.8 Å². The Morgan fingerprint density at radius 1 is 1.39 bits per heavy atom. The Hall–Kier alpha value is -2.59. The SMILES string of the molecule is C=C(c1nc(/C=C/CNC(C)=O)cc2c(N[C@@]3(S)CCN(C)C[C@@H]3F)cccc12)C(F)(F)F. The Labute approximate surface area is 195 Å². The number of halogens is 4. The highest BCUT2D eigenvalue weighted by molar-refractivity contribution is 7.82. The van der Waals surface area contributed by atoms with Crippen LogP contribution in [-0.2, 0) is 4.79 Å².